The van der Waals surface area contributed by atoms with E-state index in [4.69, 9.17) is 0 Å². The van der Waals surface area contributed by atoms with Gasteiger partial charge in [-0.25, -0.2) is 0 Å². The first kappa shape index (κ1) is 22.8. The molecule has 0 atom stereocenters. The van der Waals surface area contributed by atoms with Gasteiger partial charge in [0.1, 0.15) is 0 Å². The summed E-state index contributed by atoms with van der Waals surface area (Å²) in [5.41, 5.74) is -1.30. The maximum Gasteiger partial charge on any atom is 0.325 e. The van der Waals surface area contributed by atoms with Gasteiger partial charge in [0.15, 0.2) is 5.41 Å². The zero-order valence-electron chi connectivity index (χ0n) is 16.6. The van der Waals surface area contributed by atoms with E-state index in [-0.39, 0.29) is 5.56 Å². The molecule has 0 unspecified atom stereocenters. The summed E-state index contributed by atoms with van der Waals surface area (Å²) in [6, 6.07) is 6.61. The molecule has 0 heterocycles. The standard InChI is InChI=1S/C23H32O4/c1-3-4-5-6-7-8-9-10-11-12-13-16-19-17-14-15-18-20(19)23(2,21(24)25)22(26)27/h14-15,17-18H,3-12H2,1-2H3,(H,24,25)(H,26,27). The van der Waals surface area contributed by atoms with E-state index in [1.54, 1.807) is 18.2 Å². The van der Waals surface area contributed by atoms with E-state index in [1.807, 2.05) is 0 Å². The smallest absolute Gasteiger partial charge is 0.325 e. The average molecular weight is 373 g/mol. The third kappa shape index (κ3) is 7.09. The number of rotatable bonds is 12. The molecular formula is C23H32O4. The van der Waals surface area contributed by atoms with Gasteiger partial charge < -0.3 is 10.2 Å². The lowest BCUT2D eigenvalue weighted by atomic mass is 9.80. The second-order valence-electron chi connectivity index (χ2n) is 7.16. The zero-order chi connectivity index (χ0) is 20.1. The third-order valence-corrected chi connectivity index (χ3v) is 4.95. The van der Waals surface area contributed by atoms with Crippen LogP contribution in [0.3, 0.4) is 0 Å². The molecule has 0 aromatic heterocycles. The molecule has 0 saturated heterocycles. The van der Waals surface area contributed by atoms with Crippen molar-refractivity contribution in [1.82, 2.24) is 0 Å². The summed E-state index contributed by atoms with van der Waals surface area (Å²) >= 11 is 0. The van der Waals surface area contributed by atoms with Gasteiger partial charge in [0.2, 0.25) is 0 Å². The summed E-state index contributed by atoms with van der Waals surface area (Å²) in [6.07, 6.45) is 12.0. The Labute approximate surface area is 163 Å². The van der Waals surface area contributed by atoms with Crippen molar-refractivity contribution in [3.05, 3.63) is 35.4 Å². The van der Waals surface area contributed by atoms with Crippen LogP contribution in [0.4, 0.5) is 0 Å². The summed E-state index contributed by atoms with van der Waals surface area (Å²) < 4.78 is 0. The van der Waals surface area contributed by atoms with Crippen LogP contribution in [0.15, 0.2) is 24.3 Å². The topological polar surface area (TPSA) is 74.6 Å². The second-order valence-corrected chi connectivity index (χ2v) is 7.16. The minimum Gasteiger partial charge on any atom is -0.480 e. The van der Waals surface area contributed by atoms with Gasteiger partial charge >= 0.3 is 11.9 Å². The van der Waals surface area contributed by atoms with Gasteiger partial charge in [-0.1, -0.05) is 88.3 Å². The predicted molar refractivity (Wildman–Crippen MR) is 108 cm³/mol. The van der Waals surface area contributed by atoms with E-state index < -0.39 is 17.4 Å². The van der Waals surface area contributed by atoms with Crippen molar-refractivity contribution in [3.63, 3.8) is 0 Å². The normalized spacial score (nSPS) is 10.9. The van der Waals surface area contributed by atoms with Gasteiger partial charge in [0.25, 0.3) is 0 Å². The number of benzene rings is 1. The van der Waals surface area contributed by atoms with E-state index in [0.717, 1.165) is 19.3 Å². The first-order valence-corrected chi connectivity index (χ1v) is 9.99. The Morgan fingerprint density at radius 3 is 1.96 bits per heavy atom. The third-order valence-electron chi connectivity index (χ3n) is 4.95. The van der Waals surface area contributed by atoms with Gasteiger partial charge in [0, 0.05) is 12.0 Å². The highest BCUT2D eigenvalue weighted by molar-refractivity contribution is 6.04. The Balaban J connectivity index is 2.53. The molecule has 0 aliphatic rings. The van der Waals surface area contributed by atoms with Crippen LogP contribution >= 0.6 is 0 Å². The molecule has 0 amide bonds. The Kier molecular flexibility index (Phi) is 10.3. The van der Waals surface area contributed by atoms with E-state index in [1.165, 1.54) is 57.9 Å². The van der Waals surface area contributed by atoms with Crippen molar-refractivity contribution in [2.24, 2.45) is 0 Å². The Hall–Kier alpha value is -2.28. The Morgan fingerprint density at radius 2 is 1.41 bits per heavy atom. The van der Waals surface area contributed by atoms with Crippen LogP contribution in [0.5, 0.6) is 0 Å². The molecule has 1 aromatic rings. The fraction of sp³-hybridized carbons (Fsp3) is 0.565. The molecule has 0 radical (unpaired) electrons. The number of hydrogen-bond acceptors (Lipinski definition) is 2. The number of carboxylic acid groups (broad SMARTS) is 2. The number of carbonyl (C=O) groups is 2. The van der Waals surface area contributed by atoms with E-state index in [0.29, 0.717) is 5.56 Å². The fourth-order valence-corrected chi connectivity index (χ4v) is 3.03. The molecule has 1 aromatic carbocycles. The Bertz CT molecular complexity index is 652. The van der Waals surface area contributed by atoms with Gasteiger partial charge in [-0.15, -0.1) is 0 Å². The van der Waals surface area contributed by atoms with Gasteiger partial charge in [-0.2, -0.15) is 0 Å². The Morgan fingerprint density at radius 1 is 0.889 bits per heavy atom. The molecule has 148 valence electrons. The first-order chi connectivity index (χ1) is 12.9. The molecule has 0 fully saturated rings. The van der Waals surface area contributed by atoms with E-state index >= 15 is 0 Å². The van der Waals surface area contributed by atoms with Crippen molar-refractivity contribution >= 4 is 11.9 Å². The lowest BCUT2D eigenvalue weighted by Gasteiger charge is -2.21. The molecule has 27 heavy (non-hydrogen) atoms. The molecule has 4 nitrogen and oxygen atoms in total. The predicted octanol–water partition coefficient (Wildman–Crippen LogP) is 5.39. The number of aliphatic carboxylic acids is 2. The quantitative estimate of drug-likeness (QED) is 0.293. The number of carboxylic acids is 2. The van der Waals surface area contributed by atoms with Crippen LogP contribution < -0.4 is 0 Å². The average Bonchev–Trinajstić information content (AvgIpc) is 2.65. The molecule has 4 heteroatoms. The number of hydrogen-bond donors (Lipinski definition) is 2. The van der Waals surface area contributed by atoms with Crippen molar-refractivity contribution in [2.45, 2.75) is 83.5 Å². The molecule has 0 spiro atoms. The van der Waals surface area contributed by atoms with Gasteiger partial charge in [-0.3, -0.25) is 9.59 Å². The van der Waals surface area contributed by atoms with Crippen LogP contribution in [-0.4, -0.2) is 22.2 Å². The van der Waals surface area contributed by atoms with Crippen molar-refractivity contribution < 1.29 is 19.8 Å². The highest BCUT2D eigenvalue weighted by Crippen LogP contribution is 2.27. The van der Waals surface area contributed by atoms with Crippen molar-refractivity contribution in [3.8, 4) is 11.8 Å². The van der Waals surface area contributed by atoms with Gasteiger partial charge in [-0.05, 0) is 25.0 Å². The summed E-state index contributed by atoms with van der Waals surface area (Å²) in [7, 11) is 0. The zero-order valence-corrected chi connectivity index (χ0v) is 16.6. The second kappa shape index (κ2) is 12.2. The van der Waals surface area contributed by atoms with Crippen LogP contribution in [0, 0.1) is 11.8 Å². The fourth-order valence-electron chi connectivity index (χ4n) is 3.03. The minimum absolute atomic E-state index is 0.226. The molecule has 0 saturated carbocycles. The summed E-state index contributed by atoms with van der Waals surface area (Å²) in [4.78, 5) is 23.1. The first-order valence-electron chi connectivity index (χ1n) is 9.99. The molecule has 0 aliphatic heterocycles. The molecule has 1 rings (SSSR count). The summed E-state index contributed by atoms with van der Waals surface area (Å²) in [5, 5.41) is 18.8. The monoisotopic (exact) mass is 372 g/mol. The van der Waals surface area contributed by atoms with Crippen molar-refractivity contribution in [2.75, 3.05) is 0 Å². The largest absolute Gasteiger partial charge is 0.480 e. The molecule has 2 N–H and O–H groups in total. The summed E-state index contributed by atoms with van der Waals surface area (Å²) in [6.45, 7) is 3.43. The molecule has 0 bridgehead atoms. The lowest BCUT2D eigenvalue weighted by molar-refractivity contribution is -0.156. The molecule has 0 aliphatic carbocycles. The maximum absolute atomic E-state index is 11.5. The van der Waals surface area contributed by atoms with Crippen molar-refractivity contribution in [1.29, 1.82) is 0 Å². The van der Waals surface area contributed by atoms with Crippen LogP contribution in [0.1, 0.15) is 89.2 Å². The molecular weight excluding hydrogens is 340 g/mol. The van der Waals surface area contributed by atoms with E-state index in [2.05, 4.69) is 18.8 Å². The maximum atomic E-state index is 11.5. The summed E-state index contributed by atoms with van der Waals surface area (Å²) in [5.74, 6) is 3.28. The van der Waals surface area contributed by atoms with Gasteiger partial charge in [0.05, 0.1) is 0 Å². The highest BCUT2D eigenvalue weighted by atomic mass is 16.4. The SMILES string of the molecule is CCCCCCCCCCCC#Cc1ccccc1C(C)(C(=O)O)C(=O)O. The van der Waals surface area contributed by atoms with Crippen LogP contribution in [0.25, 0.3) is 0 Å². The van der Waals surface area contributed by atoms with Crippen LogP contribution in [-0.2, 0) is 15.0 Å². The number of unbranched alkanes of at least 4 members (excludes halogenated alkanes) is 9. The van der Waals surface area contributed by atoms with Crippen LogP contribution in [0.2, 0.25) is 0 Å². The minimum atomic E-state index is -2.00. The lowest BCUT2D eigenvalue weighted by Crippen LogP contribution is -2.41. The highest BCUT2D eigenvalue weighted by Gasteiger charge is 2.44. The van der Waals surface area contributed by atoms with E-state index in [9.17, 15) is 19.8 Å².